The van der Waals surface area contributed by atoms with Crippen molar-refractivity contribution in [1.82, 2.24) is 20.0 Å². The lowest BCUT2D eigenvalue weighted by Crippen LogP contribution is -2.53. The van der Waals surface area contributed by atoms with E-state index in [-0.39, 0.29) is 5.91 Å². The maximum absolute atomic E-state index is 12.5. The summed E-state index contributed by atoms with van der Waals surface area (Å²) in [4.78, 5) is 18.9. The molecule has 2 fully saturated rings. The summed E-state index contributed by atoms with van der Waals surface area (Å²) in [5, 5.41) is 4.14. The molecule has 0 atom stereocenters. The van der Waals surface area contributed by atoms with Crippen molar-refractivity contribution in [2.75, 3.05) is 65.6 Å². The molecule has 2 aliphatic heterocycles. The van der Waals surface area contributed by atoms with Crippen LogP contribution in [0.3, 0.4) is 0 Å². The molecule has 136 valence electrons. The molecule has 0 radical (unpaired) electrons. The third-order valence-corrected chi connectivity index (χ3v) is 5.09. The number of thiocarbonyl (C=S) groups is 1. The van der Waals surface area contributed by atoms with Gasteiger partial charge in [-0.25, -0.2) is 0 Å². The number of benzene rings is 1. The fourth-order valence-electron chi connectivity index (χ4n) is 3.13. The zero-order valence-corrected chi connectivity index (χ0v) is 15.3. The van der Waals surface area contributed by atoms with Crippen LogP contribution in [-0.2, 0) is 4.74 Å². The van der Waals surface area contributed by atoms with Crippen LogP contribution in [0.5, 0.6) is 0 Å². The lowest BCUT2D eigenvalue weighted by Gasteiger charge is -2.36. The van der Waals surface area contributed by atoms with Gasteiger partial charge in [0.1, 0.15) is 0 Å². The summed E-state index contributed by atoms with van der Waals surface area (Å²) in [6.07, 6.45) is 0. The molecule has 0 aromatic heterocycles. The van der Waals surface area contributed by atoms with Crippen molar-refractivity contribution in [3.63, 3.8) is 0 Å². The fraction of sp³-hybridized carbons (Fsp3) is 0.556. The third kappa shape index (κ3) is 5.14. The molecule has 2 saturated heterocycles. The van der Waals surface area contributed by atoms with E-state index in [1.807, 2.05) is 35.2 Å². The predicted molar refractivity (Wildman–Crippen MR) is 102 cm³/mol. The van der Waals surface area contributed by atoms with Gasteiger partial charge in [0.05, 0.1) is 13.2 Å². The second kappa shape index (κ2) is 9.12. The summed E-state index contributed by atoms with van der Waals surface area (Å²) in [5.74, 6) is 0.103. The normalized spacial score (nSPS) is 18.9. The number of rotatable bonds is 4. The van der Waals surface area contributed by atoms with E-state index in [4.69, 9.17) is 17.0 Å². The first kappa shape index (κ1) is 18.1. The van der Waals surface area contributed by atoms with E-state index in [1.165, 1.54) is 0 Å². The zero-order valence-electron chi connectivity index (χ0n) is 14.5. The second-order valence-electron chi connectivity index (χ2n) is 6.33. The molecule has 1 aromatic carbocycles. The van der Waals surface area contributed by atoms with Crippen molar-refractivity contribution < 1.29 is 9.53 Å². The monoisotopic (exact) mass is 362 g/mol. The number of nitrogens with one attached hydrogen (secondary N) is 1. The number of hydrogen-bond donors (Lipinski definition) is 1. The molecular weight excluding hydrogens is 336 g/mol. The second-order valence-corrected chi connectivity index (χ2v) is 6.72. The van der Waals surface area contributed by atoms with Gasteiger partial charge in [-0.3, -0.25) is 9.69 Å². The van der Waals surface area contributed by atoms with Crippen molar-refractivity contribution >= 4 is 23.2 Å². The molecule has 0 aliphatic carbocycles. The third-order valence-electron chi connectivity index (χ3n) is 4.68. The molecule has 0 unspecified atom stereocenters. The maximum atomic E-state index is 12.5. The minimum atomic E-state index is 0.103. The number of carbonyl (C=O) groups is 1. The molecule has 1 amide bonds. The summed E-state index contributed by atoms with van der Waals surface area (Å²) >= 11 is 5.51. The van der Waals surface area contributed by atoms with E-state index in [0.29, 0.717) is 13.1 Å². The molecule has 1 N–H and O–H groups in total. The zero-order chi connectivity index (χ0) is 17.5. The van der Waals surface area contributed by atoms with Crippen LogP contribution in [0, 0.1) is 0 Å². The number of carbonyl (C=O) groups excluding carboxylic acids is 1. The van der Waals surface area contributed by atoms with Crippen molar-refractivity contribution in [2.24, 2.45) is 0 Å². The quantitative estimate of drug-likeness (QED) is 0.794. The van der Waals surface area contributed by atoms with Crippen molar-refractivity contribution in [3.05, 3.63) is 35.9 Å². The Morgan fingerprint density at radius 3 is 2.32 bits per heavy atom. The van der Waals surface area contributed by atoms with E-state index < -0.39 is 0 Å². The van der Waals surface area contributed by atoms with E-state index in [1.54, 1.807) is 0 Å². The molecule has 6 nitrogen and oxygen atoms in total. The average molecular weight is 362 g/mol. The van der Waals surface area contributed by atoms with Crippen molar-refractivity contribution in [2.45, 2.75) is 0 Å². The number of morpholine rings is 1. The summed E-state index contributed by atoms with van der Waals surface area (Å²) in [6, 6.07) is 9.46. The van der Waals surface area contributed by atoms with Gasteiger partial charge in [-0.05, 0) is 24.4 Å². The van der Waals surface area contributed by atoms with Crippen LogP contribution < -0.4 is 5.32 Å². The Balaban J connectivity index is 1.38. The number of amides is 1. The molecule has 0 saturated carbocycles. The molecule has 2 aliphatic rings. The van der Waals surface area contributed by atoms with Crippen LogP contribution >= 0.6 is 12.2 Å². The molecule has 0 spiro atoms. The first-order valence-electron chi connectivity index (χ1n) is 8.91. The van der Waals surface area contributed by atoms with E-state index in [2.05, 4.69) is 15.1 Å². The predicted octanol–water partition coefficient (Wildman–Crippen LogP) is 0.651. The minimum absolute atomic E-state index is 0.103. The molecule has 2 heterocycles. The molecular formula is C18H26N4O2S. The van der Waals surface area contributed by atoms with Gasteiger partial charge >= 0.3 is 0 Å². The number of piperazine rings is 1. The first-order chi connectivity index (χ1) is 12.2. The molecule has 1 aromatic rings. The van der Waals surface area contributed by atoms with Crippen LogP contribution in [0.15, 0.2) is 30.3 Å². The highest BCUT2D eigenvalue weighted by Crippen LogP contribution is 2.09. The van der Waals surface area contributed by atoms with Crippen LogP contribution in [0.4, 0.5) is 0 Å². The van der Waals surface area contributed by atoms with Crippen molar-refractivity contribution in [1.29, 1.82) is 0 Å². The highest BCUT2D eigenvalue weighted by atomic mass is 32.1. The van der Waals surface area contributed by atoms with E-state index >= 15 is 0 Å². The van der Waals surface area contributed by atoms with Gasteiger partial charge in [-0.1, -0.05) is 18.2 Å². The number of ether oxygens (including phenoxy) is 1. The lowest BCUT2D eigenvalue weighted by molar-refractivity contribution is 0.0388. The smallest absolute Gasteiger partial charge is 0.253 e. The minimum Gasteiger partial charge on any atom is -0.379 e. The highest BCUT2D eigenvalue weighted by molar-refractivity contribution is 7.80. The lowest BCUT2D eigenvalue weighted by atomic mass is 10.2. The van der Waals surface area contributed by atoms with E-state index in [9.17, 15) is 4.79 Å². The topological polar surface area (TPSA) is 48.1 Å². The molecule has 3 rings (SSSR count). The van der Waals surface area contributed by atoms with Gasteiger partial charge in [0, 0.05) is 57.9 Å². The summed E-state index contributed by atoms with van der Waals surface area (Å²) in [7, 11) is 0. The number of hydrogen-bond acceptors (Lipinski definition) is 4. The standard InChI is InChI=1S/C18H26N4O2S/c23-17(16-4-2-1-3-5-16)21-8-10-22(11-9-21)18(25)19-6-7-20-12-14-24-15-13-20/h1-5H,6-15H2,(H,19,25). The van der Waals surface area contributed by atoms with Crippen LogP contribution in [0.2, 0.25) is 0 Å². The molecule has 0 bridgehead atoms. The summed E-state index contributed by atoms with van der Waals surface area (Å²) in [6.45, 7) is 8.44. The van der Waals surface area contributed by atoms with Gasteiger partial charge in [0.2, 0.25) is 0 Å². The fourth-order valence-corrected chi connectivity index (χ4v) is 3.42. The molecule has 25 heavy (non-hydrogen) atoms. The Bertz CT molecular complexity index is 570. The summed E-state index contributed by atoms with van der Waals surface area (Å²) < 4.78 is 5.36. The van der Waals surface area contributed by atoms with Crippen LogP contribution in [0.1, 0.15) is 10.4 Å². The molecule has 7 heteroatoms. The highest BCUT2D eigenvalue weighted by Gasteiger charge is 2.23. The SMILES string of the molecule is O=C(c1ccccc1)N1CCN(C(=S)NCCN2CCOCC2)CC1. The Morgan fingerprint density at radius 2 is 1.64 bits per heavy atom. The maximum Gasteiger partial charge on any atom is 0.253 e. The Labute approximate surface area is 154 Å². The van der Waals surface area contributed by atoms with E-state index in [0.717, 1.165) is 63.2 Å². The Morgan fingerprint density at radius 1 is 1.00 bits per heavy atom. The largest absolute Gasteiger partial charge is 0.379 e. The van der Waals surface area contributed by atoms with Gasteiger partial charge in [0.25, 0.3) is 5.91 Å². The van der Waals surface area contributed by atoms with Crippen molar-refractivity contribution in [3.8, 4) is 0 Å². The number of nitrogens with zero attached hydrogens (tertiary/aromatic N) is 3. The van der Waals surface area contributed by atoms with Gasteiger partial charge in [-0.2, -0.15) is 0 Å². The average Bonchev–Trinajstić information content (AvgIpc) is 2.69. The van der Waals surface area contributed by atoms with Gasteiger partial charge < -0.3 is 19.9 Å². The summed E-state index contributed by atoms with van der Waals surface area (Å²) in [5.41, 5.74) is 0.752. The van der Waals surface area contributed by atoms with Crippen LogP contribution in [-0.4, -0.2) is 91.3 Å². The first-order valence-corrected chi connectivity index (χ1v) is 9.32. The Kier molecular flexibility index (Phi) is 6.61. The van der Waals surface area contributed by atoms with Gasteiger partial charge in [-0.15, -0.1) is 0 Å². The van der Waals surface area contributed by atoms with Gasteiger partial charge in [0.15, 0.2) is 5.11 Å². The van der Waals surface area contributed by atoms with Crippen LogP contribution in [0.25, 0.3) is 0 Å². The Hall–Kier alpha value is -1.70.